The standard InChI is InChI=1S/C13H11N3O/c17-13(9-5-2-1-3-6-9)10-7-4-8-11-12(10)15-16-14-11/h1-8,13,17H,(H,14,15,16). The fraction of sp³-hybridized carbons (Fsp3) is 0.0769. The van der Waals surface area contributed by atoms with Crippen molar-refractivity contribution in [1.82, 2.24) is 15.4 Å². The molecule has 2 aromatic carbocycles. The summed E-state index contributed by atoms with van der Waals surface area (Å²) in [7, 11) is 0. The zero-order valence-corrected chi connectivity index (χ0v) is 9.04. The Kier molecular flexibility index (Phi) is 2.34. The third kappa shape index (κ3) is 1.68. The number of para-hydroxylation sites is 1. The minimum absolute atomic E-state index is 0.676. The number of aliphatic hydroxyl groups is 1. The topological polar surface area (TPSA) is 61.8 Å². The minimum atomic E-state index is -0.676. The van der Waals surface area contributed by atoms with Gasteiger partial charge >= 0.3 is 0 Å². The van der Waals surface area contributed by atoms with Gasteiger partial charge in [-0.05, 0) is 11.6 Å². The molecule has 1 atom stereocenters. The van der Waals surface area contributed by atoms with Gasteiger partial charge in [-0.25, -0.2) is 0 Å². The second-order valence-corrected chi connectivity index (χ2v) is 3.85. The molecule has 4 nitrogen and oxygen atoms in total. The van der Waals surface area contributed by atoms with E-state index in [0.717, 1.165) is 16.6 Å². The van der Waals surface area contributed by atoms with E-state index >= 15 is 0 Å². The first-order chi connectivity index (χ1) is 8.36. The summed E-state index contributed by atoms with van der Waals surface area (Å²) in [5.41, 5.74) is 3.09. The number of nitrogens with one attached hydrogen (secondary N) is 1. The van der Waals surface area contributed by atoms with Crippen LogP contribution < -0.4 is 0 Å². The van der Waals surface area contributed by atoms with Gasteiger partial charge in [-0.15, -0.1) is 0 Å². The van der Waals surface area contributed by atoms with Crippen molar-refractivity contribution in [3.63, 3.8) is 0 Å². The molecule has 1 aromatic heterocycles. The Morgan fingerprint density at radius 3 is 2.59 bits per heavy atom. The van der Waals surface area contributed by atoms with E-state index in [1.807, 2.05) is 48.5 Å². The van der Waals surface area contributed by atoms with Crippen LogP contribution in [0.15, 0.2) is 48.5 Å². The summed E-state index contributed by atoms with van der Waals surface area (Å²) >= 11 is 0. The number of H-pyrrole nitrogens is 1. The largest absolute Gasteiger partial charge is 0.384 e. The second-order valence-electron chi connectivity index (χ2n) is 3.85. The summed E-state index contributed by atoms with van der Waals surface area (Å²) in [5.74, 6) is 0. The molecule has 0 aliphatic carbocycles. The van der Waals surface area contributed by atoms with E-state index in [-0.39, 0.29) is 0 Å². The number of hydrogen-bond donors (Lipinski definition) is 2. The molecule has 0 fully saturated rings. The lowest BCUT2D eigenvalue weighted by Gasteiger charge is -2.11. The van der Waals surface area contributed by atoms with Crippen LogP contribution in [0.4, 0.5) is 0 Å². The summed E-state index contributed by atoms with van der Waals surface area (Å²) < 4.78 is 0. The van der Waals surface area contributed by atoms with E-state index < -0.39 is 6.10 Å². The van der Waals surface area contributed by atoms with Crippen molar-refractivity contribution in [3.05, 3.63) is 59.7 Å². The maximum Gasteiger partial charge on any atom is 0.119 e. The van der Waals surface area contributed by atoms with Crippen LogP contribution in [0.2, 0.25) is 0 Å². The number of benzene rings is 2. The lowest BCUT2D eigenvalue weighted by molar-refractivity contribution is 0.221. The molecular formula is C13H11N3O. The Bertz CT molecular complexity index is 633. The Labute approximate surface area is 97.9 Å². The van der Waals surface area contributed by atoms with Crippen molar-refractivity contribution < 1.29 is 5.11 Å². The molecule has 0 radical (unpaired) electrons. The highest BCUT2D eigenvalue weighted by Gasteiger charge is 2.14. The zero-order chi connectivity index (χ0) is 11.7. The molecule has 0 saturated carbocycles. The minimum Gasteiger partial charge on any atom is -0.384 e. The van der Waals surface area contributed by atoms with Gasteiger partial charge in [-0.1, -0.05) is 42.5 Å². The molecule has 0 saturated heterocycles. The van der Waals surface area contributed by atoms with E-state index in [2.05, 4.69) is 15.4 Å². The van der Waals surface area contributed by atoms with Crippen molar-refractivity contribution in [2.75, 3.05) is 0 Å². The number of rotatable bonds is 2. The maximum atomic E-state index is 10.3. The molecule has 0 amide bonds. The molecule has 4 heteroatoms. The van der Waals surface area contributed by atoms with E-state index in [1.54, 1.807) is 0 Å². The van der Waals surface area contributed by atoms with Gasteiger partial charge < -0.3 is 5.11 Å². The number of aromatic amines is 1. The SMILES string of the molecule is OC(c1ccccc1)c1cccc2n[nH]nc12. The van der Waals surface area contributed by atoms with E-state index in [9.17, 15) is 5.11 Å². The van der Waals surface area contributed by atoms with Crippen LogP contribution in [-0.2, 0) is 0 Å². The average molecular weight is 225 g/mol. The van der Waals surface area contributed by atoms with Crippen molar-refractivity contribution in [2.24, 2.45) is 0 Å². The first kappa shape index (κ1) is 9.99. The van der Waals surface area contributed by atoms with E-state index in [0.29, 0.717) is 5.52 Å². The molecule has 3 aromatic rings. The fourth-order valence-electron chi connectivity index (χ4n) is 1.93. The third-order valence-corrected chi connectivity index (χ3v) is 2.79. The fourth-order valence-corrected chi connectivity index (χ4v) is 1.93. The summed E-state index contributed by atoms with van der Waals surface area (Å²) in [6.07, 6.45) is -0.676. The van der Waals surface area contributed by atoms with Crippen LogP contribution in [0.1, 0.15) is 17.2 Å². The van der Waals surface area contributed by atoms with Crippen molar-refractivity contribution in [3.8, 4) is 0 Å². The average Bonchev–Trinajstić information content (AvgIpc) is 2.87. The van der Waals surface area contributed by atoms with Crippen LogP contribution >= 0.6 is 0 Å². The van der Waals surface area contributed by atoms with Gasteiger partial charge in [0.15, 0.2) is 0 Å². The summed E-state index contributed by atoms with van der Waals surface area (Å²) in [6.45, 7) is 0. The smallest absolute Gasteiger partial charge is 0.119 e. The number of aromatic nitrogens is 3. The van der Waals surface area contributed by atoms with Crippen LogP contribution in [0.3, 0.4) is 0 Å². The normalized spacial score (nSPS) is 12.8. The number of aliphatic hydroxyl groups excluding tert-OH is 1. The van der Waals surface area contributed by atoms with Gasteiger partial charge in [0.25, 0.3) is 0 Å². The molecule has 2 N–H and O–H groups in total. The van der Waals surface area contributed by atoms with Gasteiger partial charge in [0.2, 0.25) is 0 Å². The number of fused-ring (bicyclic) bond motifs is 1. The van der Waals surface area contributed by atoms with Gasteiger partial charge in [-0.2, -0.15) is 15.4 Å². The molecule has 0 aliphatic rings. The highest BCUT2D eigenvalue weighted by atomic mass is 16.3. The quantitative estimate of drug-likeness (QED) is 0.701. The monoisotopic (exact) mass is 225 g/mol. The highest BCUT2D eigenvalue weighted by molar-refractivity contribution is 5.78. The lowest BCUT2D eigenvalue weighted by atomic mass is 10.0. The molecular weight excluding hydrogens is 214 g/mol. The van der Waals surface area contributed by atoms with Crippen LogP contribution in [-0.4, -0.2) is 20.5 Å². The Balaban J connectivity index is 2.13. The Morgan fingerprint density at radius 1 is 0.941 bits per heavy atom. The first-order valence-corrected chi connectivity index (χ1v) is 5.38. The molecule has 0 bridgehead atoms. The maximum absolute atomic E-state index is 10.3. The van der Waals surface area contributed by atoms with Gasteiger partial charge in [-0.3, -0.25) is 0 Å². The second kappa shape index (κ2) is 3.99. The molecule has 3 rings (SSSR count). The Hall–Kier alpha value is -2.20. The van der Waals surface area contributed by atoms with Crippen molar-refractivity contribution >= 4 is 11.0 Å². The lowest BCUT2D eigenvalue weighted by Crippen LogP contribution is -2.00. The third-order valence-electron chi connectivity index (χ3n) is 2.79. The first-order valence-electron chi connectivity index (χ1n) is 5.38. The summed E-state index contributed by atoms with van der Waals surface area (Å²) in [6, 6.07) is 15.1. The van der Waals surface area contributed by atoms with Crippen molar-refractivity contribution in [1.29, 1.82) is 0 Å². The molecule has 17 heavy (non-hydrogen) atoms. The number of nitrogens with zero attached hydrogens (tertiary/aromatic N) is 2. The van der Waals surface area contributed by atoms with Gasteiger partial charge in [0.05, 0.1) is 0 Å². The number of hydrogen-bond acceptors (Lipinski definition) is 3. The van der Waals surface area contributed by atoms with Gasteiger partial charge in [0, 0.05) is 5.56 Å². The Morgan fingerprint density at radius 2 is 1.76 bits per heavy atom. The van der Waals surface area contributed by atoms with Crippen LogP contribution in [0.5, 0.6) is 0 Å². The van der Waals surface area contributed by atoms with Gasteiger partial charge in [0.1, 0.15) is 17.1 Å². The predicted molar refractivity (Wildman–Crippen MR) is 64.4 cm³/mol. The predicted octanol–water partition coefficient (Wildman–Crippen LogP) is 2.04. The van der Waals surface area contributed by atoms with E-state index in [4.69, 9.17) is 0 Å². The van der Waals surface area contributed by atoms with E-state index in [1.165, 1.54) is 0 Å². The molecule has 1 unspecified atom stereocenters. The summed E-state index contributed by atoms with van der Waals surface area (Å²) in [4.78, 5) is 0. The van der Waals surface area contributed by atoms with Crippen molar-refractivity contribution in [2.45, 2.75) is 6.10 Å². The van der Waals surface area contributed by atoms with Crippen LogP contribution in [0, 0.1) is 0 Å². The molecule has 1 heterocycles. The molecule has 0 spiro atoms. The zero-order valence-electron chi connectivity index (χ0n) is 9.04. The molecule has 84 valence electrons. The van der Waals surface area contributed by atoms with Crippen LogP contribution in [0.25, 0.3) is 11.0 Å². The molecule has 0 aliphatic heterocycles. The highest BCUT2D eigenvalue weighted by Crippen LogP contribution is 2.26. The summed E-state index contributed by atoms with van der Waals surface area (Å²) in [5, 5.41) is 21.0.